The van der Waals surface area contributed by atoms with E-state index in [-0.39, 0.29) is 17.3 Å². The smallest absolute Gasteiger partial charge is 0.264 e. The highest BCUT2D eigenvalue weighted by Gasteiger charge is 2.32. The first-order valence-corrected chi connectivity index (χ1v) is 15.7. The first kappa shape index (κ1) is 31.6. The van der Waals surface area contributed by atoms with Gasteiger partial charge in [-0.1, -0.05) is 52.7 Å². The standard InChI is InChI=1S/C29H33Br2N3O5S/c1-5-15-32-29(36)21(3)33(18-22-7-6-8-23(30)16-22)28(35)19-34(24-11-9-20(2)10-12-24)40(37,38)25-13-14-27(39-4)26(31)17-25/h6-14,16-17,21H,5,15,18-19H2,1-4H3,(H,32,36). The Bertz CT molecular complexity index is 1450. The van der Waals surface area contributed by atoms with Crippen LogP contribution in [0.1, 0.15) is 31.4 Å². The number of benzene rings is 3. The van der Waals surface area contributed by atoms with Gasteiger partial charge in [-0.15, -0.1) is 0 Å². The van der Waals surface area contributed by atoms with Crippen molar-refractivity contribution in [3.63, 3.8) is 0 Å². The number of rotatable bonds is 12. The summed E-state index contributed by atoms with van der Waals surface area (Å²) in [7, 11) is -2.70. The van der Waals surface area contributed by atoms with E-state index in [1.54, 1.807) is 37.3 Å². The van der Waals surface area contributed by atoms with Crippen molar-refractivity contribution in [3.05, 3.63) is 86.8 Å². The van der Waals surface area contributed by atoms with Gasteiger partial charge >= 0.3 is 0 Å². The Labute approximate surface area is 253 Å². The molecule has 2 amide bonds. The maximum atomic E-state index is 14.0. The van der Waals surface area contributed by atoms with Gasteiger partial charge in [0.1, 0.15) is 18.3 Å². The van der Waals surface area contributed by atoms with E-state index >= 15 is 0 Å². The van der Waals surface area contributed by atoms with Crippen molar-refractivity contribution >= 4 is 59.4 Å². The number of anilines is 1. The maximum absolute atomic E-state index is 14.0. The van der Waals surface area contributed by atoms with Gasteiger partial charge < -0.3 is 15.0 Å². The van der Waals surface area contributed by atoms with Crippen LogP contribution in [0.4, 0.5) is 5.69 Å². The monoisotopic (exact) mass is 693 g/mol. The highest BCUT2D eigenvalue weighted by molar-refractivity contribution is 9.10. The Morgan fingerprint density at radius 2 is 1.73 bits per heavy atom. The van der Waals surface area contributed by atoms with Crippen LogP contribution in [0.25, 0.3) is 0 Å². The number of nitrogens with zero attached hydrogens (tertiary/aromatic N) is 2. The molecule has 0 aromatic heterocycles. The Morgan fingerprint density at radius 3 is 2.33 bits per heavy atom. The average Bonchev–Trinajstić information content (AvgIpc) is 2.93. The summed E-state index contributed by atoms with van der Waals surface area (Å²) in [5, 5.41) is 2.84. The molecule has 1 N–H and O–H groups in total. The van der Waals surface area contributed by atoms with Crippen LogP contribution in [0.5, 0.6) is 5.75 Å². The number of carbonyl (C=O) groups is 2. The molecule has 0 saturated heterocycles. The van der Waals surface area contributed by atoms with Crippen LogP contribution in [0, 0.1) is 6.92 Å². The third-order valence-electron chi connectivity index (χ3n) is 6.27. The second-order valence-corrected chi connectivity index (χ2v) is 12.9. The van der Waals surface area contributed by atoms with Crippen molar-refractivity contribution in [2.24, 2.45) is 0 Å². The van der Waals surface area contributed by atoms with Crippen LogP contribution in [0.2, 0.25) is 0 Å². The Balaban J connectivity index is 2.04. The molecule has 8 nitrogen and oxygen atoms in total. The Morgan fingerprint density at radius 1 is 1.02 bits per heavy atom. The number of halogens is 2. The third-order valence-corrected chi connectivity index (χ3v) is 9.15. The number of nitrogens with one attached hydrogen (secondary N) is 1. The number of hydrogen-bond acceptors (Lipinski definition) is 5. The lowest BCUT2D eigenvalue weighted by atomic mass is 10.1. The molecule has 0 heterocycles. The lowest BCUT2D eigenvalue weighted by molar-refractivity contribution is -0.139. The molecule has 11 heteroatoms. The van der Waals surface area contributed by atoms with Crippen LogP contribution < -0.4 is 14.4 Å². The third kappa shape index (κ3) is 7.86. The molecule has 0 aliphatic carbocycles. The van der Waals surface area contributed by atoms with Gasteiger partial charge in [-0.25, -0.2) is 8.42 Å². The predicted molar refractivity (Wildman–Crippen MR) is 164 cm³/mol. The van der Waals surface area contributed by atoms with Gasteiger partial charge in [-0.2, -0.15) is 0 Å². The lowest BCUT2D eigenvalue weighted by Crippen LogP contribution is -2.51. The molecule has 1 unspecified atom stereocenters. The largest absolute Gasteiger partial charge is 0.496 e. The molecule has 0 radical (unpaired) electrons. The summed E-state index contributed by atoms with van der Waals surface area (Å²) in [6.45, 7) is 5.57. The van der Waals surface area contributed by atoms with E-state index in [4.69, 9.17) is 4.74 Å². The van der Waals surface area contributed by atoms with Gasteiger partial charge in [0.25, 0.3) is 10.0 Å². The summed E-state index contributed by atoms with van der Waals surface area (Å²) >= 11 is 6.81. The van der Waals surface area contributed by atoms with Gasteiger partial charge in [0.15, 0.2) is 0 Å². The number of methoxy groups -OCH3 is 1. The number of amides is 2. The summed E-state index contributed by atoms with van der Waals surface area (Å²) in [6, 6.07) is 17.9. The average molecular weight is 695 g/mol. The van der Waals surface area contributed by atoms with Gasteiger partial charge in [0.2, 0.25) is 11.8 Å². The van der Waals surface area contributed by atoms with E-state index in [1.807, 2.05) is 38.1 Å². The number of aryl methyl sites for hydroxylation is 1. The minimum absolute atomic E-state index is 0.0131. The van der Waals surface area contributed by atoms with E-state index in [0.717, 1.165) is 26.3 Å². The summed E-state index contributed by atoms with van der Waals surface area (Å²) in [5.74, 6) is -0.353. The van der Waals surface area contributed by atoms with Crippen molar-refractivity contribution in [1.29, 1.82) is 0 Å². The zero-order chi connectivity index (χ0) is 29.4. The van der Waals surface area contributed by atoms with Crippen molar-refractivity contribution in [2.75, 3.05) is 24.5 Å². The molecule has 3 aromatic rings. The zero-order valence-corrected chi connectivity index (χ0v) is 26.8. The minimum Gasteiger partial charge on any atom is -0.496 e. The van der Waals surface area contributed by atoms with Gasteiger partial charge in [0, 0.05) is 17.6 Å². The van der Waals surface area contributed by atoms with E-state index in [1.165, 1.54) is 24.1 Å². The number of carbonyl (C=O) groups excluding carboxylic acids is 2. The van der Waals surface area contributed by atoms with Crippen molar-refractivity contribution in [1.82, 2.24) is 10.2 Å². The molecule has 0 aliphatic rings. The first-order valence-electron chi connectivity index (χ1n) is 12.7. The molecule has 0 aliphatic heterocycles. The van der Waals surface area contributed by atoms with Crippen LogP contribution in [-0.4, -0.2) is 51.4 Å². The fraction of sp³-hybridized carbons (Fsp3) is 0.310. The molecule has 0 spiro atoms. The topological polar surface area (TPSA) is 96.0 Å². The van der Waals surface area contributed by atoms with E-state index < -0.39 is 28.5 Å². The fourth-order valence-corrected chi connectivity index (χ4v) is 6.56. The van der Waals surface area contributed by atoms with Gasteiger partial charge in [-0.05, 0) is 84.2 Å². The number of ether oxygens (including phenoxy) is 1. The molecule has 3 rings (SSSR count). The molecular formula is C29H33Br2N3O5S. The number of hydrogen-bond donors (Lipinski definition) is 1. The quantitative estimate of drug-likeness (QED) is 0.264. The first-order chi connectivity index (χ1) is 19.0. The maximum Gasteiger partial charge on any atom is 0.264 e. The molecule has 0 bridgehead atoms. The summed E-state index contributed by atoms with van der Waals surface area (Å²) in [6.07, 6.45) is 0.745. The second kappa shape index (κ2) is 14.1. The number of sulfonamides is 1. The molecule has 0 saturated carbocycles. The molecule has 1 atom stereocenters. The fourth-order valence-electron chi connectivity index (χ4n) is 3.99. The van der Waals surface area contributed by atoms with Crippen molar-refractivity contribution in [2.45, 2.75) is 44.7 Å². The van der Waals surface area contributed by atoms with Gasteiger partial charge in [-0.3, -0.25) is 13.9 Å². The van der Waals surface area contributed by atoms with Crippen molar-refractivity contribution < 1.29 is 22.7 Å². The summed E-state index contributed by atoms with van der Waals surface area (Å²) in [5.41, 5.74) is 2.06. The van der Waals surface area contributed by atoms with E-state index in [9.17, 15) is 18.0 Å². The molecule has 3 aromatic carbocycles. The van der Waals surface area contributed by atoms with E-state index in [2.05, 4.69) is 37.2 Å². The molecule has 214 valence electrons. The summed E-state index contributed by atoms with van der Waals surface area (Å²) < 4.78 is 35.6. The van der Waals surface area contributed by atoms with Crippen LogP contribution in [-0.2, 0) is 26.2 Å². The second-order valence-electron chi connectivity index (χ2n) is 9.26. The normalized spacial score (nSPS) is 11.9. The minimum atomic E-state index is -4.19. The van der Waals surface area contributed by atoms with Crippen molar-refractivity contribution in [3.8, 4) is 5.75 Å². The Hall–Kier alpha value is -2.89. The molecule has 40 heavy (non-hydrogen) atoms. The zero-order valence-electron chi connectivity index (χ0n) is 22.9. The SMILES string of the molecule is CCCNC(=O)C(C)N(Cc1cccc(Br)c1)C(=O)CN(c1ccc(C)cc1)S(=O)(=O)c1ccc(OC)c(Br)c1. The lowest BCUT2D eigenvalue weighted by Gasteiger charge is -2.32. The van der Waals surface area contributed by atoms with E-state index in [0.29, 0.717) is 22.5 Å². The Kier molecular flexibility index (Phi) is 11.2. The highest BCUT2D eigenvalue weighted by Crippen LogP contribution is 2.31. The molecule has 0 fully saturated rings. The van der Waals surface area contributed by atoms with Crippen LogP contribution in [0.3, 0.4) is 0 Å². The molecular weight excluding hydrogens is 662 g/mol. The highest BCUT2D eigenvalue weighted by atomic mass is 79.9. The van der Waals surface area contributed by atoms with Crippen LogP contribution in [0.15, 0.2) is 80.6 Å². The summed E-state index contributed by atoms with van der Waals surface area (Å²) in [4.78, 5) is 28.3. The van der Waals surface area contributed by atoms with Crippen LogP contribution >= 0.6 is 31.9 Å². The van der Waals surface area contributed by atoms with Gasteiger partial charge in [0.05, 0.1) is 22.2 Å². The predicted octanol–water partition coefficient (Wildman–Crippen LogP) is 5.67.